The minimum atomic E-state index is -3.33. The molecule has 0 spiro atoms. The van der Waals surface area contributed by atoms with Crippen LogP contribution in [-0.4, -0.2) is 29.9 Å². The number of sulfone groups is 1. The van der Waals surface area contributed by atoms with Crippen LogP contribution in [0.3, 0.4) is 0 Å². The molecule has 1 amide bonds. The summed E-state index contributed by atoms with van der Waals surface area (Å²) in [6.45, 7) is 3.88. The Balaban J connectivity index is 2.12. The highest BCUT2D eigenvalue weighted by Gasteiger charge is 2.13. The third-order valence-corrected chi connectivity index (χ3v) is 4.84. The lowest BCUT2D eigenvalue weighted by molar-refractivity contribution is -0.117. The largest absolute Gasteiger partial charge is 0.370 e. The number of aromatic nitrogens is 2. The van der Waals surface area contributed by atoms with Crippen LogP contribution >= 0.6 is 0 Å². The van der Waals surface area contributed by atoms with Crippen molar-refractivity contribution in [1.82, 2.24) is 9.78 Å². The number of rotatable bonds is 6. The van der Waals surface area contributed by atoms with Crippen molar-refractivity contribution in [2.24, 2.45) is 5.73 Å². The van der Waals surface area contributed by atoms with E-state index in [1.54, 1.807) is 16.8 Å². The van der Waals surface area contributed by atoms with E-state index in [-0.39, 0.29) is 17.9 Å². The van der Waals surface area contributed by atoms with Gasteiger partial charge in [-0.05, 0) is 37.6 Å². The second kappa shape index (κ2) is 6.31. The molecule has 6 nitrogen and oxygen atoms in total. The van der Waals surface area contributed by atoms with Crippen LogP contribution in [0.2, 0.25) is 0 Å². The molecule has 2 aromatic rings. The molecule has 0 atom stereocenters. The van der Waals surface area contributed by atoms with Crippen LogP contribution in [0.25, 0.3) is 5.69 Å². The summed E-state index contributed by atoms with van der Waals surface area (Å²) < 4.78 is 25.6. The van der Waals surface area contributed by atoms with Gasteiger partial charge < -0.3 is 5.73 Å². The van der Waals surface area contributed by atoms with Crippen molar-refractivity contribution >= 4 is 15.7 Å². The maximum absolute atomic E-state index is 11.9. The lowest BCUT2D eigenvalue weighted by atomic mass is 10.2. The van der Waals surface area contributed by atoms with E-state index < -0.39 is 15.7 Å². The Bertz CT molecular complexity index is 777. The molecule has 0 aliphatic carbocycles. The molecular formula is C15H19N3O3S. The van der Waals surface area contributed by atoms with Gasteiger partial charge in [0.05, 0.1) is 22.9 Å². The minimum Gasteiger partial charge on any atom is -0.370 e. The first kappa shape index (κ1) is 16.2. The number of carbonyl (C=O) groups is 1. The number of nitrogens with two attached hydrogens (primary N) is 1. The van der Waals surface area contributed by atoms with Crippen molar-refractivity contribution in [3.8, 4) is 5.69 Å². The smallest absolute Gasteiger partial charge is 0.218 e. The van der Waals surface area contributed by atoms with E-state index in [0.29, 0.717) is 5.56 Å². The zero-order valence-corrected chi connectivity index (χ0v) is 13.4. The summed E-state index contributed by atoms with van der Waals surface area (Å²) in [6.07, 6.45) is -0.147. The first-order valence-electron chi connectivity index (χ1n) is 6.88. The third kappa shape index (κ3) is 4.17. The number of primary amides is 1. The fourth-order valence-corrected chi connectivity index (χ4v) is 3.56. The monoisotopic (exact) mass is 321 g/mol. The maximum atomic E-state index is 11.9. The number of carbonyl (C=O) groups excluding carboxylic acids is 1. The number of aryl methyl sites for hydroxylation is 2. The van der Waals surface area contributed by atoms with Gasteiger partial charge in [0.25, 0.3) is 0 Å². The molecule has 0 aliphatic rings. The van der Waals surface area contributed by atoms with Gasteiger partial charge in [0.2, 0.25) is 5.91 Å². The average Bonchev–Trinajstić information content (AvgIpc) is 2.76. The Hall–Kier alpha value is -2.15. The highest BCUT2D eigenvalue weighted by molar-refractivity contribution is 7.90. The van der Waals surface area contributed by atoms with Crippen molar-refractivity contribution in [3.05, 3.63) is 47.3 Å². The molecule has 0 radical (unpaired) electrons. The summed E-state index contributed by atoms with van der Waals surface area (Å²) in [5.41, 5.74) is 8.47. The Morgan fingerprint density at radius 1 is 1.23 bits per heavy atom. The summed E-state index contributed by atoms with van der Waals surface area (Å²) in [5, 5.41) is 4.38. The third-order valence-electron chi connectivity index (χ3n) is 3.24. The quantitative estimate of drug-likeness (QED) is 0.867. The SMILES string of the molecule is Cc1cc(C)n(-c2ccc(CS(=O)(=O)CCC(N)=O)cc2)n1. The molecule has 2 N–H and O–H groups in total. The maximum Gasteiger partial charge on any atom is 0.218 e. The molecule has 7 heteroatoms. The normalized spacial score (nSPS) is 11.5. The number of amides is 1. The van der Waals surface area contributed by atoms with Crippen LogP contribution in [0, 0.1) is 13.8 Å². The molecule has 0 unspecified atom stereocenters. The predicted molar refractivity (Wildman–Crippen MR) is 84.3 cm³/mol. The van der Waals surface area contributed by atoms with E-state index in [0.717, 1.165) is 17.1 Å². The van der Waals surface area contributed by atoms with Gasteiger partial charge in [0.15, 0.2) is 9.84 Å². The first-order chi connectivity index (χ1) is 10.3. The molecule has 0 saturated heterocycles. The Labute approximate surface area is 129 Å². The summed E-state index contributed by atoms with van der Waals surface area (Å²) in [6, 6.07) is 9.15. The summed E-state index contributed by atoms with van der Waals surface area (Å²) in [5.74, 6) is -0.928. The zero-order chi connectivity index (χ0) is 16.3. The Kier molecular flexibility index (Phi) is 4.65. The minimum absolute atomic E-state index is 0.0995. The van der Waals surface area contributed by atoms with E-state index in [1.807, 2.05) is 32.0 Å². The van der Waals surface area contributed by atoms with E-state index in [4.69, 9.17) is 5.73 Å². The van der Waals surface area contributed by atoms with E-state index >= 15 is 0 Å². The fourth-order valence-electron chi connectivity index (χ4n) is 2.21. The average molecular weight is 321 g/mol. The van der Waals surface area contributed by atoms with E-state index in [9.17, 15) is 13.2 Å². The van der Waals surface area contributed by atoms with Gasteiger partial charge in [0, 0.05) is 12.1 Å². The van der Waals surface area contributed by atoms with Crippen LogP contribution in [0.15, 0.2) is 30.3 Å². The summed E-state index contributed by atoms with van der Waals surface area (Å²) >= 11 is 0. The van der Waals surface area contributed by atoms with Crippen LogP contribution < -0.4 is 5.73 Å². The van der Waals surface area contributed by atoms with Crippen LogP contribution in [0.5, 0.6) is 0 Å². The van der Waals surface area contributed by atoms with Gasteiger partial charge in [-0.2, -0.15) is 5.10 Å². The van der Waals surface area contributed by atoms with Gasteiger partial charge in [-0.15, -0.1) is 0 Å². The number of nitrogens with zero attached hydrogens (tertiary/aromatic N) is 2. The van der Waals surface area contributed by atoms with Crippen LogP contribution in [0.1, 0.15) is 23.4 Å². The number of hydrogen-bond donors (Lipinski definition) is 1. The van der Waals surface area contributed by atoms with Gasteiger partial charge in [-0.3, -0.25) is 4.79 Å². The van der Waals surface area contributed by atoms with Gasteiger partial charge in [0.1, 0.15) is 0 Å². The molecule has 2 rings (SSSR count). The predicted octanol–water partition coefficient (Wildman–Crippen LogP) is 1.28. The highest BCUT2D eigenvalue weighted by Crippen LogP contribution is 2.15. The summed E-state index contributed by atoms with van der Waals surface area (Å²) in [7, 11) is -3.33. The molecule has 0 fully saturated rings. The van der Waals surface area contributed by atoms with Crippen molar-refractivity contribution < 1.29 is 13.2 Å². The molecule has 1 heterocycles. The van der Waals surface area contributed by atoms with Crippen molar-refractivity contribution in [3.63, 3.8) is 0 Å². The Morgan fingerprint density at radius 2 is 1.86 bits per heavy atom. The highest BCUT2D eigenvalue weighted by atomic mass is 32.2. The lowest BCUT2D eigenvalue weighted by Gasteiger charge is -2.07. The molecule has 1 aromatic carbocycles. The van der Waals surface area contributed by atoms with Crippen molar-refractivity contribution in [1.29, 1.82) is 0 Å². The second-order valence-electron chi connectivity index (χ2n) is 5.31. The van der Waals surface area contributed by atoms with E-state index in [2.05, 4.69) is 5.10 Å². The molecule has 118 valence electrons. The second-order valence-corrected chi connectivity index (χ2v) is 7.50. The standard InChI is InChI=1S/C15H19N3O3S/c1-11-9-12(2)18(17-11)14-5-3-13(4-6-14)10-22(20,21)8-7-15(16)19/h3-6,9H,7-8,10H2,1-2H3,(H2,16,19). The van der Waals surface area contributed by atoms with Gasteiger partial charge in [-0.1, -0.05) is 12.1 Å². The number of benzene rings is 1. The Morgan fingerprint density at radius 3 is 2.36 bits per heavy atom. The van der Waals surface area contributed by atoms with Crippen LogP contribution in [-0.2, 0) is 20.4 Å². The molecular weight excluding hydrogens is 302 g/mol. The molecule has 0 bridgehead atoms. The fraction of sp³-hybridized carbons (Fsp3) is 0.333. The lowest BCUT2D eigenvalue weighted by Crippen LogP contribution is -2.18. The molecule has 0 aliphatic heterocycles. The van der Waals surface area contributed by atoms with Crippen molar-refractivity contribution in [2.45, 2.75) is 26.0 Å². The number of hydrogen-bond acceptors (Lipinski definition) is 4. The van der Waals surface area contributed by atoms with E-state index in [1.165, 1.54) is 0 Å². The first-order valence-corrected chi connectivity index (χ1v) is 8.70. The van der Waals surface area contributed by atoms with Crippen molar-refractivity contribution in [2.75, 3.05) is 5.75 Å². The van der Waals surface area contributed by atoms with Gasteiger partial charge in [-0.25, -0.2) is 13.1 Å². The molecule has 0 saturated carbocycles. The molecule has 22 heavy (non-hydrogen) atoms. The topological polar surface area (TPSA) is 95.0 Å². The van der Waals surface area contributed by atoms with Gasteiger partial charge >= 0.3 is 0 Å². The molecule has 1 aromatic heterocycles. The van der Waals surface area contributed by atoms with Crippen LogP contribution in [0.4, 0.5) is 0 Å². The zero-order valence-electron chi connectivity index (χ0n) is 12.6. The summed E-state index contributed by atoms with van der Waals surface area (Å²) in [4.78, 5) is 10.7.